The number of anilines is 2. The van der Waals surface area contributed by atoms with Crippen LogP contribution >= 0.6 is 11.6 Å². The van der Waals surface area contributed by atoms with E-state index in [4.69, 9.17) is 17.3 Å². The fourth-order valence-electron chi connectivity index (χ4n) is 3.18. The number of hydrogen-bond acceptors (Lipinski definition) is 3. The molecule has 19 heavy (non-hydrogen) atoms. The Bertz CT molecular complexity index is 565. The van der Waals surface area contributed by atoms with Crippen molar-refractivity contribution in [3.63, 3.8) is 0 Å². The molecule has 2 fully saturated rings. The summed E-state index contributed by atoms with van der Waals surface area (Å²) >= 11 is 6.10. The van der Waals surface area contributed by atoms with Gasteiger partial charge in [-0.05, 0) is 31.0 Å². The third kappa shape index (κ3) is 1.82. The van der Waals surface area contributed by atoms with Crippen molar-refractivity contribution >= 4 is 34.8 Å². The summed E-state index contributed by atoms with van der Waals surface area (Å²) in [5.74, 6) is -0.276. The van der Waals surface area contributed by atoms with Crippen molar-refractivity contribution in [2.75, 3.05) is 10.6 Å². The van der Waals surface area contributed by atoms with Gasteiger partial charge in [0.05, 0.1) is 16.1 Å². The highest BCUT2D eigenvalue weighted by atomic mass is 35.5. The van der Waals surface area contributed by atoms with E-state index in [1.165, 1.54) is 4.90 Å². The Kier molecular flexibility index (Phi) is 2.78. The Balaban J connectivity index is 2.03. The van der Waals surface area contributed by atoms with Crippen molar-refractivity contribution in [2.24, 2.45) is 5.41 Å². The van der Waals surface area contributed by atoms with Gasteiger partial charge in [-0.1, -0.05) is 24.4 Å². The van der Waals surface area contributed by atoms with Gasteiger partial charge < -0.3 is 5.73 Å². The van der Waals surface area contributed by atoms with Gasteiger partial charge in [0.1, 0.15) is 0 Å². The Morgan fingerprint density at radius 3 is 2.58 bits per heavy atom. The minimum absolute atomic E-state index is 0.109. The van der Waals surface area contributed by atoms with Crippen molar-refractivity contribution in [2.45, 2.75) is 32.1 Å². The van der Waals surface area contributed by atoms with E-state index < -0.39 is 5.41 Å². The van der Waals surface area contributed by atoms with E-state index in [1.807, 2.05) is 0 Å². The summed E-state index contributed by atoms with van der Waals surface area (Å²) in [6, 6.07) is 4.86. The van der Waals surface area contributed by atoms with Crippen LogP contribution in [0, 0.1) is 5.41 Å². The largest absolute Gasteiger partial charge is 0.399 e. The van der Waals surface area contributed by atoms with Gasteiger partial charge in [0.25, 0.3) is 0 Å². The quantitative estimate of drug-likeness (QED) is 0.635. The lowest BCUT2D eigenvalue weighted by atomic mass is 9.84. The molecular weight excluding hydrogens is 264 g/mol. The van der Waals surface area contributed by atoms with Gasteiger partial charge in [-0.2, -0.15) is 0 Å². The molecule has 0 aromatic heterocycles. The van der Waals surface area contributed by atoms with Crippen LogP contribution in [0.4, 0.5) is 11.4 Å². The van der Waals surface area contributed by atoms with Crippen LogP contribution in [-0.4, -0.2) is 11.8 Å². The first-order valence-corrected chi connectivity index (χ1v) is 6.84. The molecule has 0 unspecified atom stereocenters. The Morgan fingerprint density at radius 2 is 1.89 bits per heavy atom. The predicted molar refractivity (Wildman–Crippen MR) is 73.9 cm³/mol. The standard InChI is InChI=1S/C14H15ClN2O2/c15-10-4-3-9(16)7-11(10)17-12(18)8-14(13(17)19)5-1-2-6-14/h3-4,7H,1-2,5-6,8,16H2. The summed E-state index contributed by atoms with van der Waals surface area (Å²) in [4.78, 5) is 26.1. The number of benzene rings is 1. The SMILES string of the molecule is Nc1ccc(Cl)c(N2C(=O)CC3(CCCC3)C2=O)c1. The van der Waals surface area contributed by atoms with Crippen LogP contribution in [0.1, 0.15) is 32.1 Å². The second-order valence-corrected chi connectivity index (χ2v) is 5.82. The molecule has 2 amide bonds. The minimum atomic E-state index is -0.481. The third-order valence-corrected chi connectivity index (χ3v) is 4.49. The first-order chi connectivity index (χ1) is 9.03. The molecule has 2 N–H and O–H groups in total. The number of imide groups is 1. The molecule has 0 bridgehead atoms. The molecule has 1 aromatic carbocycles. The molecule has 5 heteroatoms. The van der Waals surface area contributed by atoms with Crippen molar-refractivity contribution in [3.05, 3.63) is 23.2 Å². The number of nitrogens with zero attached hydrogens (tertiary/aromatic N) is 1. The fraction of sp³-hybridized carbons (Fsp3) is 0.429. The van der Waals surface area contributed by atoms with Gasteiger partial charge in [-0.15, -0.1) is 0 Å². The minimum Gasteiger partial charge on any atom is -0.399 e. The average molecular weight is 279 g/mol. The number of carbonyl (C=O) groups is 2. The van der Waals surface area contributed by atoms with Crippen LogP contribution in [0.15, 0.2) is 18.2 Å². The van der Waals surface area contributed by atoms with Crippen LogP contribution in [-0.2, 0) is 9.59 Å². The number of amides is 2. The molecule has 0 atom stereocenters. The van der Waals surface area contributed by atoms with Gasteiger partial charge in [0.15, 0.2) is 0 Å². The number of halogens is 1. The summed E-state index contributed by atoms with van der Waals surface area (Å²) in [5, 5.41) is 0.381. The molecule has 1 aliphatic heterocycles. The van der Waals surface area contributed by atoms with Crippen LogP contribution in [0.5, 0.6) is 0 Å². The zero-order valence-electron chi connectivity index (χ0n) is 10.5. The molecule has 0 radical (unpaired) electrons. The first-order valence-electron chi connectivity index (χ1n) is 6.46. The van der Waals surface area contributed by atoms with Gasteiger partial charge >= 0.3 is 0 Å². The lowest BCUT2D eigenvalue weighted by Crippen LogP contribution is -2.34. The Hall–Kier alpha value is -1.55. The lowest BCUT2D eigenvalue weighted by molar-refractivity contribution is -0.125. The van der Waals surface area contributed by atoms with Crippen LogP contribution in [0.25, 0.3) is 0 Å². The molecule has 100 valence electrons. The van der Waals surface area contributed by atoms with Crippen molar-refractivity contribution < 1.29 is 9.59 Å². The molecule has 1 aliphatic carbocycles. The van der Waals surface area contributed by atoms with E-state index in [0.717, 1.165) is 25.7 Å². The molecule has 1 spiro atoms. The average Bonchev–Trinajstić information content (AvgIpc) is 2.91. The monoisotopic (exact) mass is 278 g/mol. The molecule has 1 saturated carbocycles. The summed E-state index contributed by atoms with van der Waals surface area (Å²) in [5.41, 5.74) is 6.15. The number of hydrogen-bond donors (Lipinski definition) is 1. The summed E-state index contributed by atoms with van der Waals surface area (Å²) in [7, 11) is 0. The van der Waals surface area contributed by atoms with Gasteiger partial charge in [-0.3, -0.25) is 9.59 Å². The molecule has 2 aliphatic rings. The fourth-order valence-corrected chi connectivity index (χ4v) is 3.38. The van der Waals surface area contributed by atoms with Crippen LogP contribution < -0.4 is 10.6 Å². The normalized spacial score (nSPS) is 21.6. The summed E-state index contributed by atoms with van der Waals surface area (Å²) in [6.45, 7) is 0. The van der Waals surface area contributed by atoms with E-state index in [1.54, 1.807) is 18.2 Å². The zero-order valence-corrected chi connectivity index (χ0v) is 11.2. The van der Waals surface area contributed by atoms with Gasteiger partial charge in [-0.25, -0.2) is 4.90 Å². The van der Waals surface area contributed by atoms with E-state index in [-0.39, 0.29) is 11.8 Å². The van der Waals surface area contributed by atoms with Crippen molar-refractivity contribution in [1.82, 2.24) is 0 Å². The highest BCUT2D eigenvalue weighted by Crippen LogP contribution is 2.48. The second kappa shape index (κ2) is 4.23. The predicted octanol–water partition coefficient (Wildman–Crippen LogP) is 2.75. The first kappa shape index (κ1) is 12.5. The van der Waals surface area contributed by atoms with Gasteiger partial charge in [0, 0.05) is 12.1 Å². The summed E-state index contributed by atoms with van der Waals surface area (Å²) < 4.78 is 0. The van der Waals surface area contributed by atoms with E-state index in [0.29, 0.717) is 22.8 Å². The highest BCUT2D eigenvalue weighted by molar-refractivity contribution is 6.36. The van der Waals surface area contributed by atoms with E-state index >= 15 is 0 Å². The van der Waals surface area contributed by atoms with E-state index in [2.05, 4.69) is 0 Å². The molecule has 3 rings (SSSR count). The lowest BCUT2D eigenvalue weighted by Gasteiger charge is -2.21. The zero-order chi connectivity index (χ0) is 13.6. The summed E-state index contributed by atoms with van der Waals surface area (Å²) in [6.07, 6.45) is 3.92. The maximum absolute atomic E-state index is 12.6. The Morgan fingerprint density at radius 1 is 1.21 bits per heavy atom. The van der Waals surface area contributed by atoms with E-state index in [9.17, 15) is 9.59 Å². The van der Waals surface area contributed by atoms with Crippen LogP contribution in [0.2, 0.25) is 5.02 Å². The van der Waals surface area contributed by atoms with Crippen molar-refractivity contribution in [1.29, 1.82) is 0 Å². The molecule has 1 aromatic rings. The highest BCUT2D eigenvalue weighted by Gasteiger charge is 2.53. The molecule has 1 saturated heterocycles. The Labute approximate surface area is 116 Å². The second-order valence-electron chi connectivity index (χ2n) is 5.41. The molecular formula is C14H15ClN2O2. The van der Waals surface area contributed by atoms with Crippen LogP contribution in [0.3, 0.4) is 0 Å². The van der Waals surface area contributed by atoms with Crippen molar-refractivity contribution in [3.8, 4) is 0 Å². The number of rotatable bonds is 1. The van der Waals surface area contributed by atoms with Gasteiger partial charge in [0.2, 0.25) is 11.8 Å². The number of nitrogens with two attached hydrogens (primary N) is 1. The maximum Gasteiger partial charge on any atom is 0.240 e. The topological polar surface area (TPSA) is 63.4 Å². The molecule has 4 nitrogen and oxygen atoms in total. The smallest absolute Gasteiger partial charge is 0.240 e. The third-order valence-electron chi connectivity index (χ3n) is 4.17. The maximum atomic E-state index is 12.6. The molecule has 1 heterocycles. The number of nitrogen functional groups attached to an aromatic ring is 1. The number of carbonyl (C=O) groups excluding carboxylic acids is 2.